The second-order valence-electron chi connectivity index (χ2n) is 7.85. The van der Waals surface area contributed by atoms with Crippen LogP contribution in [0.1, 0.15) is 26.6 Å². The molecule has 0 amide bonds. The normalized spacial score (nSPS) is 11.1. The van der Waals surface area contributed by atoms with Crippen LogP contribution in [0.15, 0.2) is 59.4 Å². The number of thiophene rings is 1. The summed E-state index contributed by atoms with van der Waals surface area (Å²) in [4.78, 5) is 39.3. The summed E-state index contributed by atoms with van der Waals surface area (Å²) in [5.41, 5.74) is 3.26. The molecule has 0 saturated carbocycles. The first kappa shape index (κ1) is 21.8. The minimum atomic E-state index is -0.519. The minimum absolute atomic E-state index is 0.144. The third-order valence-electron chi connectivity index (χ3n) is 5.75. The molecule has 2 aromatic carbocycles. The Labute approximate surface area is 199 Å². The number of aromatic amines is 1. The van der Waals surface area contributed by atoms with Gasteiger partial charge >= 0.3 is 5.97 Å². The third-order valence-corrected chi connectivity index (χ3v) is 6.85. The van der Waals surface area contributed by atoms with Crippen molar-refractivity contribution in [3.05, 3.63) is 86.8 Å². The molecule has 0 aliphatic heterocycles. The second kappa shape index (κ2) is 8.72. The van der Waals surface area contributed by atoms with E-state index in [4.69, 9.17) is 14.5 Å². The van der Waals surface area contributed by atoms with Gasteiger partial charge in [0.1, 0.15) is 23.0 Å². The molecule has 3 aromatic heterocycles. The van der Waals surface area contributed by atoms with Crippen LogP contribution in [0, 0.1) is 13.8 Å². The number of aromatic nitrogens is 3. The fourth-order valence-corrected chi connectivity index (χ4v) is 4.88. The van der Waals surface area contributed by atoms with Crippen molar-refractivity contribution in [3.63, 3.8) is 0 Å². The second-order valence-corrected chi connectivity index (χ2v) is 9.06. The molecular formula is C26H21N3O4S. The number of carbonyl (C=O) groups excluding carboxylic acids is 1. The molecular weight excluding hydrogens is 450 g/mol. The molecule has 7 nitrogen and oxygen atoms in total. The molecule has 1 N–H and O–H groups in total. The summed E-state index contributed by atoms with van der Waals surface area (Å²) in [6.45, 7) is 3.71. The van der Waals surface area contributed by atoms with E-state index in [-0.39, 0.29) is 12.2 Å². The highest BCUT2D eigenvalue weighted by Crippen LogP contribution is 2.28. The molecule has 5 aromatic rings. The van der Waals surface area contributed by atoms with E-state index < -0.39 is 5.97 Å². The average molecular weight is 472 g/mol. The number of pyridine rings is 1. The van der Waals surface area contributed by atoms with Gasteiger partial charge in [-0.2, -0.15) is 0 Å². The fraction of sp³-hybridized carbons (Fsp3) is 0.154. The SMILES string of the molecule is COc1ccc(-c2cc(C(=O)OCc3nc4sc(C)c(C)c4c(=O)[nH]3)c3ccccc3n2)cc1. The lowest BCUT2D eigenvalue weighted by Gasteiger charge is -2.10. The molecule has 0 atom stereocenters. The summed E-state index contributed by atoms with van der Waals surface area (Å²) >= 11 is 1.45. The molecule has 0 aliphatic rings. The Morgan fingerprint density at radius 1 is 1.06 bits per heavy atom. The number of aryl methyl sites for hydroxylation is 2. The number of nitrogens with one attached hydrogen (secondary N) is 1. The zero-order valence-corrected chi connectivity index (χ0v) is 19.7. The van der Waals surface area contributed by atoms with Gasteiger partial charge in [-0.3, -0.25) is 4.79 Å². The number of methoxy groups -OCH3 is 1. The molecule has 34 heavy (non-hydrogen) atoms. The van der Waals surface area contributed by atoms with Gasteiger partial charge in [-0.15, -0.1) is 11.3 Å². The summed E-state index contributed by atoms with van der Waals surface area (Å²) in [5.74, 6) is 0.522. The van der Waals surface area contributed by atoms with Crippen LogP contribution in [0.3, 0.4) is 0 Å². The van der Waals surface area contributed by atoms with Crippen molar-refractivity contribution in [1.29, 1.82) is 0 Å². The van der Waals surface area contributed by atoms with E-state index in [1.54, 1.807) is 13.2 Å². The topological polar surface area (TPSA) is 94.2 Å². The van der Waals surface area contributed by atoms with Crippen LogP contribution in [0.25, 0.3) is 32.4 Å². The Morgan fingerprint density at radius 2 is 1.82 bits per heavy atom. The van der Waals surface area contributed by atoms with Crippen molar-refractivity contribution >= 4 is 38.4 Å². The molecule has 170 valence electrons. The van der Waals surface area contributed by atoms with Gasteiger partial charge in [0.05, 0.1) is 29.3 Å². The number of H-pyrrole nitrogens is 1. The highest BCUT2D eigenvalue weighted by Gasteiger charge is 2.17. The molecule has 0 saturated heterocycles. The van der Waals surface area contributed by atoms with E-state index in [0.29, 0.717) is 38.2 Å². The molecule has 0 bridgehead atoms. The largest absolute Gasteiger partial charge is 0.497 e. The van der Waals surface area contributed by atoms with Gasteiger partial charge in [-0.25, -0.2) is 14.8 Å². The summed E-state index contributed by atoms with van der Waals surface area (Å²) in [7, 11) is 1.61. The maximum absolute atomic E-state index is 13.1. The van der Waals surface area contributed by atoms with Crippen LogP contribution in [-0.2, 0) is 11.3 Å². The summed E-state index contributed by atoms with van der Waals surface area (Å²) in [5, 5.41) is 1.27. The lowest BCUT2D eigenvalue weighted by atomic mass is 10.0. The number of hydrogen-bond donors (Lipinski definition) is 1. The van der Waals surface area contributed by atoms with Crippen molar-refractivity contribution in [2.75, 3.05) is 7.11 Å². The van der Waals surface area contributed by atoms with Gasteiger partial charge in [-0.1, -0.05) is 18.2 Å². The van der Waals surface area contributed by atoms with Crippen LogP contribution < -0.4 is 10.3 Å². The highest BCUT2D eigenvalue weighted by molar-refractivity contribution is 7.18. The number of carbonyl (C=O) groups is 1. The Balaban J connectivity index is 1.48. The number of benzene rings is 2. The van der Waals surface area contributed by atoms with Gasteiger partial charge in [0.25, 0.3) is 5.56 Å². The Hall–Kier alpha value is -4.04. The number of fused-ring (bicyclic) bond motifs is 2. The molecule has 5 rings (SSSR count). The van der Waals surface area contributed by atoms with Crippen LogP contribution >= 0.6 is 11.3 Å². The van der Waals surface area contributed by atoms with Crippen molar-refractivity contribution in [2.24, 2.45) is 0 Å². The van der Waals surface area contributed by atoms with E-state index in [1.165, 1.54) is 11.3 Å². The molecule has 8 heteroatoms. The number of para-hydroxylation sites is 1. The minimum Gasteiger partial charge on any atom is -0.497 e. The standard InChI is InChI=1S/C26H21N3O4S/c1-14-15(2)34-25-23(14)24(30)28-22(29-25)13-33-26(31)19-12-21(16-8-10-17(32-3)11-9-16)27-20-7-5-4-6-18(19)20/h4-12H,13H2,1-3H3,(H,28,29,30). The van der Waals surface area contributed by atoms with Gasteiger partial charge < -0.3 is 14.5 Å². The first-order valence-electron chi connectivity index (χ1n) is 10.6. The van der Waals surface area contributed by atoms with Crippen molar-refractivity contribution in [3.8, 4) is 17.0 Å². The first-order chi connectivity index (χ1) is 16.4. The molecule has 3 heterocycles. The lowest BCUT2D eigenvalue weighted by molar-refractivity contribution is 0.0464. The lowest BCUT2D eigenvalue weighted by Crippen LogP contribution is -2.14. The maximum atomic E-state index is 13.1. The van der Waals surface area contributed by atoms with Crippen LogP contribution in [0.2, 0.25) is 0 Å². The van der Waals surface area contributed by atoms with E-state index in [0.717, 1.165) is 21.8 Å². The van der Waals surface area contributed by atoms with Gasteiger partial charge in [0, 0.05) is 15.8 Å². The zero-order valence-electron chi connectivity index (χ0n) is 18.8. The molecule has 0 unspecified atom stereocenters. The van der Waals surface area contributed by atoms with E-state index in [9.17, 15) is 9.59 Å². The van der Waals surface area contributed by atoms with Crippen LogP contribution in [0.4, 0.5) is 0 Å². The van der Waals surface area contributed by atoms with Gasteiger partial charge in [-0.05, 0) is 55.8 Å². The quantitative estimate of drug-likeness (QED) is 0.355. The number of esters is 1. The fourth-order valence-electron chi connectivity index (χ4n) is 3.83. The molecule has 0 radical (unpaired) electrons. The number of ether oxygens (including phenoxy) is 2. The van der Waals surface area contributed by atoms with Crippen molar-refractivity contribution < 1.29 is 14.3 Å². The van der Waals surface area contributed by atoms with Gasteiger partial charge in [0.15, 0.2) is 0 Å². The predicted octanol–water partition coefficient (Wildman–Crippen LogP) is 5.18. The predicted molar refractivity (Wildman–Crippen MR) is 133 cm³/mol. The van der Waals surface area contributed by atoms with E-state index in [1.807, 2.05) is 62.4 Å². The number of rotatable bonds is 5. The smallest absolute Gasteiger partial charge is 0.339 e. The Morgan fingerprint density at radius 3 is 2.59 bits per heavy atom. The molecule has 0 fully saturated rings. The van der Waals surface area contributed by atoms with Crippen molar-refractivity contribution in [2.45, 2.75) is 20.5 Å². The monoisotopic (exact) mass is 471 g/mol. The Bertz CT molecular complexity index is 1600. The Kier molecular flexibility index (Phi) is 5.59. The van der Waals surface area contributed by atoms with E-state index in [2.05, 4.69) is 9.97 Å². The average Bonchev–Trinajstić information content (AvgIpc) is 3.15. The maximum Gasteiger partial charge on any atom is 0.339 e. The van der Waals surface area contributed by atoms with Crippen LogP contribution in [-0.4, -0.2) is 28.0 Å². The number of nitrogens with zero attached hydrogens (tertiary/aromatic N) is 2. The summed E-state index contributed by atoms with van der Waals surface area (Å²) in [6, 6.07) is 16.6. The third kappa shape index (κ3) is 3.92. The van der Waals surface area contributed by atoms with Crippen LogP contribution in [0.5, 0.6) is 5.75 Å². The summed E-state index contributed by atoms with van der Waals surface area (Å²) in [6.07, 6.45) is 0. The van der Waals surface area contributed by atoms with Gasteiger partial charge in [0.2, 0.25) is 0 Å². The first-order valence-corrected chi connectivity index (χ1v) is 11.5. The zero-order chi connectivity index (χ0) is 23.8. The van der Waals surface area contributed by atoms with Crippen molar-refractivity contribution in [1.82, 2.24) is 15.0 Å². The highest BCUT2D eigenvalue weighted by atomic mass is 32.1. The molecule has 0 spiro atoms. The number of hydrogen-bond acceptors (Lipinski definition) is 7. The molecule has 0 aliphatic carbocycles. The van der Waals surface area contributed by atoms with E-state index >= 15 is 0 Å². The summed E-state index contributed by atoms with van der Waals surface area (Å²) < 4.78 is 10.8.